The first-order valence-electron chi connectivity index (χ1n) is 5.43. The van der Waals surface area contributed by atoms with Crippen molar-refractivity contribution in [3.05, 3.63) is 48.3 Å². The van der Waals surface area contributed by atoms with E-state index < -0.39 is 9.85 Å². The molecule has 0 unspecified atom stereocenters. The van der Waals surface area contributed by atoms with Crippen LogP contribution in [0.15, 0.2) is 12.4 Å². The second-order valence-electron chi connectivity index (χ2n) is 3.45. The molecular weight excluding hydrogens is 377 g/mol. The van der Waals surface area contributed by atoms with Crippen molar-refractivity contribution >= 4 is 52.0 Å². The average molecular weight is 383 g/mol. The summed E-state index contributed by atoms with van der Waals surface area (Å²) in [6.45, 7) is 0. The fourth-order valence-corrected chi connectivity index (χ4v) is 1.64. The Morgan fingerprint density at radius 1 is 0.957 bits per heavy atom. The number of nitrogens with one attached hydrogen (secondary N) is 1. The summed E-state index contributed by atoms with van der Waals surface area (Å²) in [5.74, 6) is 0.111. The molecule has 122 valence electrons. The number of nitro groups is 2. The number of nitrogens with zero attached hydrogens (tertiary/aromatic N) is 6. The van der Waals surface area contributed by atoms with Gasteiger partial charge in [0.25, 0.3) is 0 Å². The van der Waals surface area contributed by atoms with Crippen molar-refractivity contribution < 1.29 is 9.85 Å². The van der Waals surface area contributed by atoms with E-state index in [9.17, 15) is 20.2 Å². The summed E-state index contributed by atoms with van der Waals surface area (Å²) < 4.78 is 0. The summed E-state index contributed by atoms with van der Waals surface area (Å²) in [6.07, 6.45) is 2.01. The number of anilines is 1. The van der Waals surface area contributed by atoms with E-state index in [0.29, 0.717) is 0 Å². The highest BCUT2D eigenvalue weighted by Crippen LogP contribution is 2.21. The molecule has 14 heteroatoms. The predicted molar refractivity (Wildman–Crippen MR) is 81.9 cm³/mol. The van der Waals surface area contributed by atoms with Crippen LogP contribution in [-0.2, 0) is 0 Å². The van der Waals surface area contributed by atoms with Crippen LogP contribution in [0.2, 0.25) is 15.7 Å². The van der Waals surface area contributed by atoms with E-state index in [1.165, 1.54) is 7.05 Å². The molecule has 0 aliphatic rings. The van der Waals surface area contributed by atoms with Gasteiger partial charge in [-0.05, 0) is 23.2 Å². The van der Waals surface area contributed by atoms with E-state index in [2.05, 4.69) is 25.3 Å². The van der Waals surface area contributed by atoms with Crippen LogP contribution in [0.5, 0.6) is 0 Å². The molecule has 0 aliphatic carbocycles. The highest BCUT2D eigenvalue weighted by Gasteiger charge is 2.15. The molecule has 1 N–H and O–H groups in total. The first kappa shape index (κ1) is 18.7. The lowest BCUT2D eigenvalue weighted by Gasteiger charge is -1.98. The van der Waals surface area contributed by atoms with Gasteiger partial charge in [-0.3, -0.25) is 20.2 Å². The molecule has 0 aromatic carbocycles. The zero-order valence-corrected chi connectivity index (χ0v) is 13.4. The van der Waals surface area contributed by atoms with Crippen molar-refractivity contribution in [1.29, 1.82) is 0 Å². The van der Waals surface area contributed by atoms with E-state index >= 15 is 0 Å². The number of halogens is 3. The molecule has 23 heavy (non-hydrogen) atoms. The van der Waals surface area contributed by atoms with E-state index in [4.69, 9.17) is 34.8 Å². The Kier molecular flexibility index (Phi) is 6.75. The zero-order valence-electron chi connectivity index (χ0n) is 11.1. The minimum atomic E-state index is -0.682. The molecule has 2 rings (SSSR count). The molecular formula is C9H6Cl3N7O4. The molecule has 0 fully saturated rings. The van der Waals surface area contributed by atoms with E-state index in [-0.39, 0.29) is 32.9 Å². The Balaban J connectivity index is 0.000000231. The quantitative estimate of drug-likeness (QED) is 0.365. The SMILES string of the molecule is CNc1nc(Cl)ncc1[N+](=O)[O-].O=[N+]([O-])c1cnc(Cl)nc1Cl. The Morgan fingerprint density at radius 2 is 1.43 bits per heavy atom. The predicted octanol–water partition coefficient (Wildman–Crippen LogP) is 2.77. The first-order valence-corrected chi connectivity index (χ1v) is 6.56. The number of aromatic nitrogens is 4. The summed E-state index contributed by atoms with van der Waals surface area (Å²) in [5, 5.41) is 22.6. The van der Waals surface area contributed by atoms with Crippen molar-refractivity contribution in [3.8, 4) is 0 Å². The van der Waals surface area contributed by atoms with Crippen molar-refractivity contribution in [1.82, 2.24) is 19.9 Å². The van der Waals surface area contributed by atoms with Gasteiger partial charge in [0, 0.05) is 7.05 Å². The monoisotopic (exact) mass is 381 g/mol. The smallest absolute Gasteiger partial charge is 0.329 e. The summed E-state index contributed by atoms with van der Waals surface area (Å²) in [4.78, 5) is 33.1. The molecule has 0 saturated carbocycles. The largest absolute Gasteiger partial charge is 0.367 e. The van der Waals surface area contributed by atoms with E-state index in [1.54, 1.807) is 0 Å². The van der Waals surface area contributed by atoms with E-state index in [1.807, 2.05) is 0 Å². The van der Waals surface area contributed by atoms with Gasteiger partial charge in [0.05, 0.1) is 9.85 Å². The fraction of sp³-hybridized carbons (Fsp3) is 0.111. The zero-order chi connectivity index (χ0) is 17.6. The maximum Gasteiger partial charge on any atom is 0.329 e. The molecule has 0 saturated heterocycles. The lowest BCUT2D eigenvalue weighted by atomic mass is 10.5. The lowest BCUT2D eigenvalue weighted by Crippen LogP contribution is -2.00. The van der Waals surface area contributed by atoms with Crippen molar-refractivity contribution in [2.75, 3.05) is 12.4 Å². The van der Waals surface area contributed by atoms with Crippen LogP contribution in [0.4, 0.5) is 17.2 Å². The number of hydrogen-bond acceptors (Lipinski definition) is 9. The van der Waals surface area contributed by atoms with Gasteiger partial charge in [0.15, 0.2) is 0 Å². The van der Waals surface area contributed by atoms with Gasteiger partial charge >= 0.3 is 11.4 Å². The lowest BCUT2D eigenvalue weighted by molar-refractivity contribution is -0.385. The molecule has 0 bridgehead atoms. The van der Waals surface area contributed by atoms with Crippen LogP contribution in [0.3, 0.4) is 0 Å². The topological polar surface area (TPSA) is 150 Å². The van der Waals surface area contributed by atoms with Crippen LogP contribution in [-0.4, -0.2) is 36.8 Å². The minimum absolute atomic E-state index is 0.0232. The van der Waals surface area contributed by atoms with Crippen LogP contribution in [0.25, 0.3) is 0 Å². The van der Waals surface area contributed by atoms with Crippen LogP contribution >= 0.6 is 34.8 Å². The molecule has 2 aromatic rings. The fourth-order valence-electron chi connectivity index (χ4n) is 1.13. The van der Waals surface area contributed by atoms with Gasteiger partial charge in [-0.2, -0.15) is 9.97 Å². The Morgan fingerprint density at radius 3 is 1.87 bits per heavy atom. The van der Waals surface area contributed by atoms with E-state index in [0.717, 1.165) is 12.4 Å². The third-order valence-corrected chi connectivity index (χ3v) is 2.71. The maximum atomic E-state index is 10.3. The first-order chi connectivity index (χ1) is 10.8. The van der Waals surface area contributed by atoms with Crippen LogP contribution in [0.1, 0.15) is 0 Å². The Hall–Kier alpha value is -2.37. The Labute approximate surface area is 143 Å². The van der Waals surface area contributed by atoms with Crippen LogP contribution in [0, 0.1) is 20.2 Å². The molecule has 0 amide bonds. The van der Waals surface area contributed by atoms with Crippen molar-refractivity contribution in [2.24, 2.45) is 0 Å². The molecule has 2 heterocycles. The second-order valence-corrected chi connectivity index (χ2v) is 4.49. The number of rotatable bonds is 3. The van der Waals surface area contributed by atoms with Crippen molar-refractivity contribution in [3.63, 3.8) is 0 Å². The van der Waals surface area contributed by atoms with Crippen molar-refractivity contribution in [2.45, 2.75) is 0 Å². The highest BCUT2D eigenvalue weighted by molar-refractivity contribution is 6.33. The van der Waals surface area contributed by atoms with Gasteiger partial charge in [-0.1, -0.05) is 11.6 Å². The third kappa shape index (κ3) is 5.39. The normalized spacial score (nSPS) is 9.57. The number of hydrogen-bond donors (Lipinski definition) is 1. The molecule has 0 aliphatic heterocycles. The third-order valence-electron chi connectivity index (χ3n) is 2.07. The standard InChI is InChI=1S/C5H5ClN4O2.C4HCl2N3O2/c1-7-4-3(10(11)12)2-8-5(6)9-4;5-3-2(9(10)11)1-7-4(6)8-3/h2H,1H3,(H,7,8,9);1H. The van der Waals surface area contributed by atoms with Gasteiger partial charge < -0.3 is 5.32 Å². The van der Waals surface area contributed by atoms with Gasteiger partial charge in [-0.15, -0.1) is 0 Å². The summed E-state index contributed by atoms with van der Waals surface area (Å²) in [6, 6.07) is 0. The maximum absolute atomic E-state index is 10.3. The minimum Gasteiger partial charge on any atom is -0.367 e. The van der Waals surface area contributed by atoms with Gasteiger partial charge in [0.2, 0.25) is 21.5 Å². The average Bonchev–Trinajstić information content (AvgIpc) is 2.46. The summed E-state index contributed by atoms with van der Waals surface area (Å²) >= 11 is 16.1. The summed E-state index contributed by atoms with van der Waals surface area (Å²) in [5.41, 5.74) is -0.544. The second kappa shape index (κ2) is 8.31. The van der Waals surface area contributed by atoms with Gasteiger partial charge in [-0.25, -0.2) is 9.97 Å². The van der Waals surface area contributed by atoms with Gasteiger partial charge in [0.1, 0.15) is 12.4 Å². The molecule has 11 nitrogen and oxygen atoms in total. The molecule has 2 aromatic heterocycles. The molecule has 0 radical (unpaired) electrons. The Bertz CT molecular complexity index is 745. The molecule has 0 atom stereocenters. The molecule has 0 spiro atoms. The summed E-state index contributed by atoms with van der Waals surface area (Å²) in [7, 11) is 1.52. The van der Waals surface area contributed by atoms with Crippen LogP contribution < -0.4 is 5.32 Å². The highest BCUT2D eigenvalue weighted by atomic mass is 35.5.